The van der Waals surface area contributed by atoms with Crippen molar-refractivity contribution in [2.45, 2.75) is 9.92 Å². The second-order valence-electron chi connectivity index (χ2n) is 3.83. The van der Waals surface area contributed by atoms with Crippen LogP contribution in [0.5, 0.6) is 0 Å². The molecule has 0 bridgehead atoms. The van der Waals surface area contributed by atoms with E-state index in [9.17, 15) is 14.9 Å². The second kappa shape index (κ2) is 6.68. The van der Waals surface area contributed by atoms with Crippen LogP contribution in [0.1, 0.15) is 10.5 Å². The molecule has 0 aliphatic carbocycles. The summed E-state index contributed by atoms with van der Waals surface area (Å²) in [7, 11) is 1.23. The number of nitro groups is 1. The van der Waals surface area contributed by atoms with E-state index in [1.807, 2.05) is 12.1 Å². The number of benzene rings is 1. The molecular formula is C13H9BrN2O4S. The molecule has 0 radical (unpaired) electrons. The summed E-state index contributed by atoms with van der Waals surface area (Å²) in [5.41, 5.74) is -0.127. The fraction of sp³-hybridized carbons (Fsp3) is 0.0769. The summed E-state index contributed by atoms with van der Waals surface area (Å²) in [6, 6.07) is 9.75. The van der Waals surface area contributed by atoms with Gasteiger partial charge in [-0.3, -0.25) is 10.1 Å². The zero-order valence-electron chi connectivity index (χ0n) is 10.8. The van der Waals surface area contributed by atoms with Crippen LogP contribution in [0.4, 0.5) is 5.69 Å². The van der Waals surface area contributed by atoms with Gasteiger partial charge in [-0.25, -0.2) is 9.78 Å². The van der Waals surface area contributed by atoms with Gasteiger partial charge in [0, 0.05) is 15.4 Å². The first-order valence-electron chi connectivity index (χ1n) is 5.68. The molecule has 0 aliphatic rings. The molecule has 0 saturated heterocycles. The minimum atomic E-state index is -0.637. The quantitative estimate of drug-likeness (QED) is 0.464. The number of halogens is 1. The molecule has 1 aromatic carbocycles. The van der Waals surface area contributed by atoms with E-state index in [0.717, 1.165) is 21.1 Å². The van der Waals surface area contributed by atoms with Crippen LogP contribution < -0.4 is 0 Å². The van der Waals surface area contributed by atoms with E-state index in [1.54, 1.807) is 12.1 Å². The molecule has 21 heavy (non-hydrogen) atoms. The van der Waals surface area contributed by atoms with Gasteiger partial charge in [0.15, 0.2) is 5.03 Å². The summed E-state index contributed by atoms with van der Waals surface area (Å²) in [6.07, 6.45) is 0. The summed E-state index contributed by atoms with van der Waals surface area (Å²) in [6.45, 7) is 0. The molecule has 0 saturated carbocycles. The summed E-state index contributed by atoms with van der Waals surface area (Å²) < 4.78 is 5.47. The molecule has 0 unspecified atom stereocenters. The zero-order chi connectivity index (χ0) is 15.4. The van der Waals surface area contributed by atoms with Crippen molar-refractivity contribution < 1.29 is 14.5 Å². The van der Waals surface area contributed by atoms with Gasteiger partial charge >= 0.3 is 11.7 Å². The predicted octanol–water partition coefficient (Wildman–Crippen LogP) is 3.69. The normalized spacial score (nSPS) is 10.2. The van der Waals surface area contributed by atoms with Crippen LogP contribution in [0.3, 0.4) is 0 Å². The monoisotopic (exact) mass is 368 g/mol. The van der Waals surface area contributed by atoms with Gasteiger partial charge in [0.25, 0.3) is 0 Å². The highest BCUT2D eigenvalue weighted by atomic mass is 79.9. The first-order chi connectivity index (χ1) is 10.0. The van der Waals surface area contributed by atoms with Gasteiger partial charge in [0.05, 0.1) is 12.0 Å². The molecule has 0 N–H and O–H groups in total. The Morgan fingerprint density at radius 3 is 2.52 bits per heavy atom. The van der Waals surface area contributed by atoms with E-state index >= 15 is 0 Å². The molecule has 6 nitrogen and oxygen atoms in total. The van der Waals surface area contributed by atoms with E-state index < -0.39 is 10.9 Å². The first kappa shape index (κ1) is 15.5. The van der Waals surface area contributed by atoms with Crippen molar-refractivity contribution >= 4 is 39.3 Å². The molecule has 0 atom stereocenters. The number of hydrogen-bond acceptors (Lipinski definition) is 6. The molecule has 1 aromatic heterocycles. The van der Waals surface area contributed by atoms with E-state index in [0.29, 0.717) is 0 Å². The Hall–Kier alpha value is -1.93. The minimum absolute atomic E-state index is 0.0303. The fourth-order valence-corrected chi connectivity index (χ4v) is 2.63. The Labute approximate surface area is 132 Å². The van der Waals surface area contributed by atoms with Crippen LogP contribution in [0, 0.1) is 10.1 Å². The van der Waals surface area contributed by atoms with Gasteiger partial charge in [0.2, 0.25) is 0 Å². The molecule has 8 heteroatoms. The van der Waals surface area contributed by atoms with Gasteiger partial charge in [-0.15, -0.1) is 0 Å². The Morgan fingerprint density at radius 2 is 1.95 bits per heavy atom. The number of carbonyl (C=O) groups excluding carboxylic acids is 1. The molecule has 0 aliphatic heterocycles. The SMILES string of the molecule is COC(=O)c1ccc([N+](=O)[O-])c(Sc2ccc(Br)cc2)n1. The number of pyridine rings is 1. The summed E-state index contributed by atoms with van der Waals surface area (Å²) in [5.74, 6) is -0.637. The van der Waals surface area contributed by atoms with Gasteiger partial charge in [0.1, 0.15) is 5.69 Å². The Balaban J connectivity index is 2.40. The van der Waals surface area contributed by atoms with Crippen molar-refractivity contribution in [3.05, 3.63) is 56.7 Å². The predicted molar refractivity (Wildman–Crippen MR) is 80.5 cm³/mol. The highest BCUT2D eigenvalue weighted by molar-refractivity contribution is 9.10. The highest BCUT2D eigenvalue weighted by Crippen LogP contribution is 2.33. The van der Waals surface area contributed by atoms with Crippen LogP contribution in [-0.4, -0.2) is 23.0 Å². The van der Waals surface area contributed by atoms with Crippen molar-refractivity contribution in [3.63, 3.8) is 0 Å². The van der Waals surface area contributed by atoms with Crippen LogP contribution >= 0.6 is 27.7 Å². The van der Waals surface area contributed by atoms with E-state index in [2.05, 4.69) is 25.7 Å². The second-order valence-corrected chi connectivity index (χ2v) is 5.80. The van der Waals surface area contributed by atoms with Crippen molar-refractivity contribution in [1.82, 2.24) is 4.98 Å². The van der Waals surface area contributed by atoms with Gasteiger partial charge in [-0.05, 0) is 30.3 Å². The molecule has 2 aromatic rings. The molecule has 2 rings (SSSR count). The maximum Gasteiger partial charge on any atom is 0.356 e. The third-order valence-electron chi connectivity index (χ3n) is 2.46. The van der Waals surface area contributed by atoms with Crippen LogP contribution in [0.25, 0.3) is 0 Å². The maximum atomic E-state index is 11.5. The van der Waals surface area contributed by atoms with E-state index in [-0.39, 0.29) is 16.4 Å². The Bertz CT molecular complexity index is 691. The Morgan fingerprint density at radius 1 is 1.29 bits per heavy atom. The third-order valence-corrected chi connectivity index (χ3v) is 3.99. The van der Waals surface area contributed by atoms with Gasteiger partial charge < -0.3 is 4.74 Å². The maximum absolute atomic E-state index is 11.5. The Kier molecular flexibility index (Phi) is 4.92. The number of esters is 1. The summed E-state index contributed by atoms with van der Waals surface area (Å²) in [5, 5.41) is 11.2. The number of nitrogens with zero attached hydrogens (tertiary/aromatic N) is 2. The molecule has 0 fully saturated rings. The van der Waals surface area contributed by atoms with E-state index in [1.165, 1.54) is 19.2 Å². The molecule has 0 amide bonds. The number of methoxy groups -OCH3 is 1. The molecule has 0 spiro atoms. The minimum Gasteiger partial charge on any atom is -0.464 e. The lowest BCUT2D eigenvalue weighted by Crippen LogP contribution is -2.06. The van der Waals surface area contributed by atoms with Crippen molar-refractivity contribution in [2.75, 3.05) is 7.11 Å². The lowest BCUT2D eigenvalue weighted by molar-refractivity contribution is -0.388. The summed E-state index contributed by atoms with van der Waals surface area (Å²) in [4.78, 5) is 26.8. The lowest BCUT2D eigenvalue weighted by atomic mass is 10.3. The number of carbonyl (C=O) groups is 1. The number of aromatic nitrogens is 1. The van der Waals surface area contributed by atoms with Crippen LogP contribution in [0.15, 0.2) is 50.8 Å². The van der Waals surface area contributed by atoms with E-state index in [4.69, 9.17) is 0 Å². The highest BCUT2D eigenvalue weighted by Gasteiger charge is 2.20. The topological polar surface area (TPSA) is 82.3 Å². The molecule has 1 heterocycles. The largest absolute Gasteiger partial charge is 0.464 e. The fourth-order valence-electron chi connectivity index (χ4n) is 1.48. The number of ether oxygens (including phenoxy) is 1. The lowest BCUT2D eigenvalue weighted by Gasteiger charge is -2.04. The van der Waals surface area contributed by atoms with Crippen molar-refractivity contribution in [3.8, 4) is 0 Å². The molecule has 108 valence electrons. The average molecular weight is 369 g/mol. The van der Waals surface area contributed by atoms with Gasteiger partial charge in [-0.2, -0.15) is 0 Å². The summed E-state index contributed by atoms with van der Waals surface area (Å²) >= 11 is 4.43. The van der Waals surface area contributed by atoms with Gasteiger partial charge in [-0.1, -0.05) is 27.7 Å². The van der Waals surface area contributed by atoms with Crippen LogP contribution in [0.2, 0.25) is 0 Å². The van der Waals surface area contributed by atoms with Crippen molar-refractivity contribution in [2.24, 2.45) is 0 Å². The van der Waals surface area contributed by atoms with Crippen LogP contribution in [-0.2, 0) is 4.74 Å². The first-order valence-corrected chi connectivity index (χ1v) is 7.29. The number of rotatable bonds is 4. The standard InChI is InChI=1S/C13H9BrN2O4S/c1-20-13(17)10-6-7-11(16(18)19)12(15-10)21-9-4-2-8(14)3-5-9/h2-7H,1H3. The third kappa shape index (κ3) is 3.79. The number of hydrogen-bond donors (Lipinski definition) is 0. The zero-order valence-corrected chi connectivity index (χ0v) is 13.2. The molecular weight excluding hydrogens is 360 g/mol. The smallest absolute Gasteiger partial charge is 0.356 e. The average Bonchev–Trinajstić information content (AvgIpc) is 2.48. The van der Waals surface area contributed by atoms with Crippen molar-refractivity contribution in [1.29, 1.82) is 0 Å².